The first-order valence-corrected chi connectivity index (χ1v) is 8.94. The highest BCUT2D eigenvalue weighted by Crippen LogP contribution is 2.18. The van der Waals surface area contributed by atoms with E-state index in [0.717, 1.165) is 10.2 Å². The molecule has 0 N–H and O–H groups in total. The molecule has 1 aromatic heterocycles. The van der Waals surface area contributed by atoms with Gasteiger partial charge in [-0.15, -0.1) is 0 Å². The number of para-hydroxylation sites is 1. The van der Waals surface area contributed by atoms with E-state index in [2.05, 4.69) is 5.10 Å². The van der Waals surface area contributed by atoms with E-state index in [0.29, 0.717) is 5.56 Å². The Bertz CT molecular complexity index is 1110. The molecule has 0 fully saturated rings. The van der Waals surface area contributed by atoms with Gasteiger partial charge in [0.05, 0.1) is 22.5 Å². The predicted octanol–water partition coefficient (Wildman–Crippen LogP) is 3.89. The highest BCUT2D eigenvalue weighted by Gasteiger charge is 2.18. The lowest BCUT2D eigenvalue weighted by Gasteiger charge is -2.11. The second-order valence-electron chi connectivity index (χ2n) is 5.91. The lowest BCUT2D eigenvalue weighted by molar-refractivity contribution is 0.0474. The van der Waals surface area contributed by atoms with Gasteiger partial charge in [-0.05, 0) is 19.1 Å². The van der Waals surface area contributed by atoms with Crippen LogP contribution in [0.4, 0.5) is 0 Å². The molecule has 2 aromatic carbocycles. The standard InChI is InChI=1S/C20H14Cl2N2O4/c1-12-6-8-13(9-7-12)17(25)11-28-20(27)14-4-2-3-5-16(14)24-19(26)18(22)15(21)10-23-24/h2-10H,11H2,1H3. The summed E-state index contributed by atoms with van der Waals surface area (Å²) in [6, 6.07) is 13.1. The fraction of sp³-hybridized carbons (Fsp3) is 0.100. The van der Waals surface area contributed by atoms with Crippen LogP contribution in [0.15, 0.2) is 59.5 Å². The van der Waals surface area contributed by atoms with Crippen molar-refractivity contribution in [2.45, 2.75) is 6.92 Å². The summed E-state index contributed by atoms with van der Waals surface area (Å²) in [4.78, 5) is 37.0. The zero-order valence-electron chi connectivity index (χ0n) is 14.7. The molecule has 0 aliphatic rings. The van der Waals surface area contributed by atoms with Gasteiger partial charge in [-0.25, -0.2) is 4.79 Å². The average Bonchev–Trinajstić information content (AvgIpc) is 2.71. The minimum atomic E-state index is -0.768. The van der Waals surface area contributed by atoms with E-state index in [4.69, 9.17) is 27.9 Å². The topological polar surface area (TPSA) is 78.3 Å². The Hall–Kier alpha value is -2.96. The summed E-state index contributed by atoms with van der Waals surface area (Å²) in [7, 11) is 0. The van der Waals surface area contributed by atoms with E-state index >= 15 is 0 Å². The largest absolute Gasteiger partial charge is 0.454 e. The summed E-state index contributed by atoms with van der Waals surface area (Å²) >= 11 is 11.7. The lowest BCUT2D eigenvalue weighted by atomic mass is 10.1. The summed E-state index contributed by atoms with van der Waals surface area (Å²) in [6.07, 6.45) is 1.20. The Morgan fingerprint density at radius 2 is 1.75 bits per heavy atom. The van der Waals surface area contributed by atoms with Crippen molar-refractivity contribution >= 4 is 35.0 Å². The maximum Gasteiger partial charge on any atom is 0.340 e. The fourth-order valence-electron chi connectivity index (χ4n) is 2.45. The van der Waals surface area contributed by atoms with Crippen LogP contribution in [0, 0.1) is 6.92 Å². The molecule has 0 aliphatic carbocycles. The highest BCUT2D eigenvalue weighted by molar-refractivity contribution is 6.41. The quantitative estimate of drug-likeness (QED) is 0.465. The molecule has 8 heteroatoms. The number of nitrogens with zero attached hydrogens (tertiary/aromatic N) is 2. The Morgan fingerprint density at radius 1 is 1.07 bits per heavy atom. The van der Waals surface area contributed by atoms with Crippen LogP contribution in [0.25, 0.3) is 5.69 Å². The van der Waals surface area contributed by atoms with Crippen LogP contribution < -0.4 is 5.56 Å². The van der Waals surface area contributed by atoms with Gasteiger partial charge in [-0.1, -0.05) is 65.2 Å². The molecule has 1 heterocycles. The minimum absolute atomic E-state index is 0.00617. The molecular formula is C20H14Cl2N2O4. The molecule has 3 rings (SSSR count). The van der Waals surface area contributed by atoms with Crippen LogP contribution in [0.5, 0.6) is 0 Å². The molecule has 0 saturated heterocycles. The monoisotopic (exact) mass is 416 g/mol. The van der Waals surface area contributed by atoms with Gasteiger partial charge in [0.2, 0.25) is 0 Å². The van der Waals surface area contributed by atoms with Crippen LogP contribution in [0.1, 0.15) is 26.3 Å². The summed E-state index contributed by atoms with van der Waals surface area (Å²) < 4.78 is 6.09. The number of rotatable bonds is 5. The number of aryl methyl sites for hydroxylation is 1. The Kier molecular flexibility index (Phi) is 5.92. The number of carbonyl (C=O) groups excluding carboxylic acids is 2. The maximum atomic E-state index is 12.5. The van der Waals surface area contributed by atoms with Gasteiger partial charge < -0.3 is 4.74 Å². The van der Waals surface area contributed by atoms with E-state index in [1.165, 1.54) is 18.3 Å². The number of esters is 1. The van der Waals surface area contributed by atoms with E-state index in [-0.39, 0.29) is 27.1 Å². The molecule has 142 valence electrons. The molecule has 0 radical (unpaired) electrons. The number of aromatic nitrogens is 2. The normalized spacial score (nSPS) is 10.5. The molecule has 3 aromatic rings. The third-order valence-electron chi connectivity index (χ3n) is 3.94. The SMILES string of the molecule is Cc1ccc(C(=O)COC(=O)c2ccccc2-n2ncc(Cl)c(Cl)c2=O)cc1. The number of benzene rings is 2. The van der Waals surface area contributed by atoms with Crippen molar-refractivity contribution in [3.63, 3.8) is 0 Å². The number of hydrogen-bond acceptors (Lipinski definition) is 5. The van der Waals surface area contributed by atoms with Crippen molar-refractivity contribution in [1.82, 2.24) is 9.78 Å². The molecule has 6 nitrogen and oxygen atoms in total. The molecule has 0 aliphatic heterocycles. The molecular weight excluding hydrogens is 403 g/mol. The van der Waals surface area contributed by atoms with E-state index in [9.17, 15) is 14.4 Å². The Morgan fingerprint density at radius 3 is 2.46 bits per heavy atom. The lowest BCUT2D eigenvalue weighted by Crippen LogP contribution is -2.24. The summed E-state index contributed by atoms with van der Waals surface area (Å²) in [6.45, 7) is 1.48. The first-order chi connectivity index (χ1) is 13.4. The number of halogens is 2. The number of hydrogen-bond donors (Lipinski definition) is 0. The number of ketones is 1. The smallest absolute Gasteiger partial charge is 0.340 e. The van der Waals surface area contributed by atoms with Crippen molar-refractivity contribution in [2.75, 3.05) is 6.61 Å². The Balaban J connectivity index is 1.84. The van der Waals surface area contributed by atoms with Crippen LogP contribution in [0.3, 0.4) is 0 Å². The second kappa shape index (κ2) is 8.37. The number of carbonyl (C=O) groups is 2. The number of Topliss-reactive ketones (excluding diaryl/α,β-unsaturated/α-hetero) is 1. The predicted molar refractivity (Wildman–Crippen MR) is 106 cm³/mol. The van der Waals surface area contributed by atoms with Crippen molar-refractivity contribution in [2.24, 2.45) is 0 Å². The minimum Gasteiger partial charge on any atom is -0.454 e. The van der Waals surface area contributed by atoms with Crippen molar-refractivity contribution in [3.05, 3.63) is 91.8 Å². The third-order valence-corrected chi connectivity index (χ3v) is 4.68. The molecule has 0 bridgehead atoms. The zero-order chi connectivity index (χ0) is 20.3. The highest BCUT2D eigenvalue weighted by atomic mass is 35.5. The van der Waals surface area contributed by atoms with Gasteiger partial charge >= 0.3 is 5.97 Å². The van der Waals surface area contributed by atoms with Gasteiger partial charge in [0.25, 0.3) is 5.56 Å². The van der Waals surface area contributed by atoms with E-state index in [1.807, 2.05) is 6.92 Å². The zero-order valence-corrected chi connectivity index (χ0v) is 16.2. The van der Waals surface area contributed by atoms with Crippen LogP contribution in [-0.2, 0) is 4.74 Å². The third kappa shape index (κ3) is 4.13. The molecule has 0 unspecified atom stereocenters. The van der Waals surface area contributed by atoms with Gasteiger partial charge in [0.1, 0.15) is 5.02 Å². The van der Waals surface area contributed by atoms with Crippen molar-refractivity contribution in [3.8, 4) is 5.69 Å². The first kappa shape index (κ1) is 19.8. The van der Waals surface area contributed by atoms with Crippen LogP contribution >= 0.6 is 23.2 Å². The maximum absolute atomic E-state index is 12.5. The van der Waals surface area contributed by atoms with Gasteiger partial charge in [-0.3, -0.25) is 9.59 Å². The molecule has 0 atom stereocenters. The summed E-state index contributed by atoms with van der Waals surface area (Å²) in [5.41, 5.74) is 1.01. The molecule has 0 spiro atoms. The van der Waals surface area contributed by atoms with Crippen LogP contribution in [-0.4, -0.2) is 28.1 Å². The van der Waals surface area contributed by atoms with Crippen molar-refractivity contribution < 1.29 is 14.3 Å². The van der Waals surface area contributed by atoms with Gasteiger partial charge in [0, 0.05) is 5.56 Å². The average molecular weight is 417 g/mol. The van der Waals surface area contributed by atoms with Gasteiger partial charge in [-0.2, -0.15) is 9.78 Å². The van der Waals surface area contributed by atoms with Crippen molar-refractivity contribution in [1.29, 1.82) is 0 Å². The fourth-order valence-corrected chi connectivity index (χ4v) is 2.70. The first-order valence-electron chi connectivity index (χ1n) is 8.18. The van der Waals surface area contributed by atoms with Crippen LogP contribution in [0.2, 0.25) is 10.0 Å². The Labute approximate surface area is 170 Å². The molecule has 28 heavy (non-hydrogen) atoms. The number of ether oxygens (including phenoxy) is 1. The van der Waals surface area contributed by atoms with E-state index in [1.54, 1.807) is 36.4 Å². The second-order valence-corrected chi connectivity index (χ2v) is 6.69. The summed E-state index contributed by atoms with van der Waals surface area (Å²) in [5.74, 6) is -1.11. The van der Waals surface area contributed by atoms with Gasteiger partial charge in [0.15, 0.2) is 12.4 Å². The molecule has 0 saturated carbocycles. The molecule has 0 amide bonds. The summed E-state index contributed by atoms with van der Waals surface area (Å²) in [5, 5.41) is 3.71. The van der Waals surface area contributed by atoms with E-state index < -0.39 is 18.1 Å².